The van der Waals surface area contributed by atoms with Crippen LogP contribution in [-0.4, -0.2) is 34.4 Å². The molecule has 80 valence electrons. The molecule has 5 nitrogen and oxygen atoms in total. The van der Waals surface area contributed by atoms with Crippen molar-refractivity contribution in [2.75, 3.05) is 0 Å². The Morgan fingerprint density at radius 2 is 1.33 bits per heavy atom. The van der Waals surface area contributed by atoms with E-state index in [0.29, 0.717) is 0 Å². The molecule has 2 bridgehead atoms. The number of aliphatic hydroxyl groups excluding tert-OH is 2. The second kappa shape index (κ2) is 2.68. The number of fused-ring (bicyclic) bond motifs is 1. The van der Waals surface area contributed by atoms with Gasteiger partial charge in [0, 0.05) is 11.8 Å². The Morgan fingerprint density at radius 3 is 1.73 bits per heavy atom. The first-order chi connectivity index (χ1) is 7.11. The van der Waals surface area contributed by atoms with E-state index >= 15 is 0 Å². The molecule has 0 amide bonds. The molecule has 5 heteroatoms. The highest BCUT2D eigenvalue weighted by molar-refractivity contribution is 5.97. The number of cyclic esters (lactones) is 2. The molecular formula is C10H10O5. The molecule has 1 aliphatic heterocycles. The zero-order chi connectivity index (χ0) is 10.7. The fourth-order valence-electron chi connectivity index (χ4n) is 2.93. The average molecular weight is 210 g/mol. The number of esters is 2. The third-order valence-corrected chi connectivity index (χ3v) is 3.66. The Balaban J connectivity index is 2.08. The van der Waals surface area contributed by atoms with E-state index in [1.54, 1.807) is 12.2 Å². The molecule has 0 aromatic carbocycles. The van der Waals surface area contributed by atoms with Crippen LogP contribution in [0.25, 0.3) is 0 Å². The third kappa shape index (κ3) is 0.943. The van der Waals surface area contributed by atoms with Crippen molar-refractivity contribution in [3.05, 3.63) is 12.2 Å². The first-order valence-corrected chi connectivity index (χ1v) is 4.91. The molecule has 3 aliphatic carbocycles. The monoisotopic (exact) mass is 210 g/mol. The summed E-state index contributed by atoms with van der Waals surface area (Å²) in [6.45, 7) is 0. The first kappa shape index (κ1) is 9.06. The fourth-order valence-corrected chi connectivity index (χ4v) is 2.93. The van der Waals surface area contributed by atoms with Crippen LogP contribution in [0.5, 0.6) is 0 Å². The standard InChI is InChI=1S/C10H10O5/c11-7-3-1-2-4(8(7)12)6-5(3)9(13)15-10(6)14/h1-8,11-12H/t3-,4-,5-,6+,7+,8+/m1/s1. The number of aliphatic hydroxyl groups is 2. The summed E-state index contributed by atoms with van der Waals surface area (Å²) < 4.78 is 4.55. The molecule has 0 unspecified atom stereocenters. The van der Waals surface area contributed by atoms with E-state index in [9.17, 15) is 19.8 Å². The van der Waals surface area contributed by atoms with Crippen molar-refractivity contribution < 1.29 is 24.5 Å². The lowest BCUT2D eigenvalue weighted by Gasteiger charge is -2.44. The van der Waals surface area contributed by atoms with Crippen molar-refractivity contribution in [3.8, 4) is 0 Å². The van der Waals surface area contributed by atoms with Crippen LogP contribution in [0.15, 0.2) is 12.2 Å². The molecule has 0 radical (unpaired) electrons. The Bertz CT molecular complexity index is 340. The van der Waals surface area contributed by atoms with Gasteiger partial charge in [0.15, 0.2) is 0 Å². The van der Waals surface area contributed by atoms with Gasteiger partial charge in [-0.2, -0.15) is 0 Å². The van der Waals surface area contributed by atoms with Crippen molar-refractivity contribution in [1.29, 1.82) is 0 Å². The number of hydrogen-bond donors (Lipinski definition) is 2. The Hall–Kier alpha value is -1.20. The van der Waals surface area contributed by atoms with Crippen LogP contribution in [0, 0.1) is 23.7 Å². The lowest BCUT2D eigenvalue weighted by Crippen LogP contribution is -2.55. The molecular weight excluding hydrogens is 200 g/mol. The van der Waals surface area contributed by atoms with Gasteiger partial charge in [-0.15, -0.1) is 0 Å². The predicted octanol–water partition coefficient (Wildman–Crippen LogP) is -1.16. The van der Waals surface area contributed by atoms with Gasteiger partial charge < -0.3 is 14.9 Å². The summed E-state index contributed by atoms with van der Waals surface area (Å²) in [7, 11) is 0. The summed E-state index contributed by atoms with van der Waals surface area (Å²) in [6.07, 6.45) is 1.45. The van der Waals surface area contributed by atoms with E-state index in [2.05, 4.69) is 4.74 Å². The zero-order valence-corrected chi connectivity index (χ0v) is 7.74. The van der Waals surface area contributed by atoms with E-state index in [-0.39, 0.29) is 0 Å². The van der Waals surface area contributed by atoms with Crippen LogP contribution in [0.1, 0.15) is 0 Å². The van der Waals surface area contributed by atoms with Gasteiger partial charge in [-0.05, 0) is 0 Å². The molecule has 0 aromatic rings. The minimum Gasteiger partial charge on any atom is -0.393 e. The second-order valence-corrected chi connectivity index (χ2v) is 4.31. The minimum atomic E-state index is -0.973. The highest BCUT2D eigenvalue weighted by Gasteiger charge is 2.61. The van der Waals surface area contributed by atoms with Gasteiger partial charge in [-0.25, -0.2) is 0 Å². The van der Waals surface area contributed by atoms with Gasteiger partial charge in [0.2, 0.25) is 0 Å². The first-order valence-electron chi connectivity index (χ1n) is 4.91. The summed E-state index contributed by atoms with van der Waals surface area (Å²) in [6, 6.07) is 0. The molecule has 15 heavy (non-hydrogen) atoms. The summed E-state index contributed by atoms with van der Waals surface area (Å²) in [5.74, 6) is -3.34. The topological polar surface area (TPSA) is 83.8 Å². The van der Waals surface area contributed by atoms with Crippen molar-refractivity contribution >= 4 is 11.9 Å². The van der Waals surface area contributed by atoms with Crippen molar-refractivity contribution in [2.24, 2.45) is 23.7 Å². The lowest BCUT2D eigenvalue weighted by atomic mass is 9.60. The van der Waals surface area contributed by atoms with Gasteiger partial charge in [-0.3, -0.25) is 9.59 Å². The SMILES string of the molecule is O=C1OC(=O)[C@H]2[C@H]3C=C[C@@H]([C@H](O)[C@H]3O)[C@@H]12. The van der Waals surface area contributed by atoms with Crippen molar-refractivity contribution in [3.63, 3.8) is 0 Å². The number of ether oxygens (including phenoxy) is 1. The van der Waals surface area contributed by atoms with Crippen LogP contribution in [-0.2, 0) is 14.3 Å². The van der Waals surface area contributed by atoms with Crippen LogP contribution >= 0.6 is 0 Å². The summed E-state index contributed by atoms with van der Waals surface area (Å²) in [4.78, 5) is 22.8. The molecule has 6 atom stereocenters. The molecule has 2 fully saturated rings. The highest BCUT2D eigenvalue weighted by Crippen LogP contribution is 2.48. The van der Waals surface area contributed by atoms with Crippen LogP contribution in [0.3, 0.4) is 0 Å². The maximum atomic E-state index is 11.4. The maximum Gasteiger partial charge on any atom is 0.318 e. The lowest BCUT2D eigenvalue weighted by molar-refractivity contribution is -0.154. The van der Waals surface area contributed by atoms with Gasteiger partial charge in [0.25, 0.3) is 0 Å². The average Bonchev–Trinajstić information content (AvgIpc) is 2.51. The number of hydrogen-bond acceptors (Lipinski definition) is 5. The van der Waals surface area contributed by atoms with E-state index in [0.717, 1.165) is 0 Å². The van der Waals surface area contributed by atoms with E-state index < -0.39 is 47.8 Å². The van der Waals surface area contributed by atoms with Gasteiger partial charge >= 0.3 is 11.9 Å². The smallest absolute Gasteiger partial charge is 0.318 e. The van der Waals surface area contributed by atoms with E-state index in [1.807, 2.05) is 0 Å². The molecule has 1 heterocycles. The third-order valence-electron chi connectivity index (χ3n) is 3.66. The number of rotatable bonds is 0. The predicted molar refractivity (Wildman–Crippen MR) is 46.2 cm³/mol. The molecule has 2 N–H and O–H groups in total. The van der Waals surface area contributed by atoms with Crippen molar-refractivity contribution in [1.82, 2.24) is 0 Å². The maximum absolute atomic E-state index is 11.4. The second-order valence-electron chi connectivity index (χ2n) is 4.31. The normalized spacial score (nSPS) is 51.9. The number of carbonyl (C=O) groups is 2. The van der Waals surface area contributed by atoms with Gasteiger partial charge in [0.1, 0.15) is 0 Å². The molecule has 1 saturated heterocycles. The molecule has 0 spiro atoms. The Kier molecular flexibility index (Phi) is 1.62. The minimum absolute atomic E-state index is 0.492. The largest absolute Gasteiger partial charge is 0.393 e. The molecule has 1 saturated carbocycles. The van der Waals surface area contributed by atoms with Crippen LogP contribution in [0.4, 0.5) is 0 Å². The summed E-state index contributed by atoms with van der Waals surface area (Å²) in [5.41, 5.74) is 0. The Labute approximate surface area is 85.3 Å². The van der Waals surface area contributed by atoms with Crippen molar-refractivity contribution in [2.45, 2.75) is 12.2 Å². The summed E-state index contributed by atoms with van der Waals surface area (Å²) >= 11 is 0. The fraction of sp³-hybridized carbons (Fsp3) is 0.600. The Morgan fingerprint density at radius 1 is 0.933 bits per heavy atom. The van der Waals surface area contributed by atoms with Crippen LogP contribution < -0.4 is 0 Å². The summed E-state index contributed by atoms with van der Waals surface area (Å²) in [5, 5.41) is 19.4. The highest BCUT2D eigenvalue weighted by atomic mass is 16.6. The van der Waals surface area contributed by atoms with Gasteiger partial charge in [0.05, 0.1) is 24.0 Å². The zero-order valence-electron chi connectivity index (χ0n) is 7.74. The molecule has 4 aliphatic rings. The quantitative estimate of drug-likeness (QED) is 0.299. The van der Waals surface area contributed by atoms with E-state index in [4.69, 9.17) is 0 Å². The molecule has 0 aromatic heterocycles. The van der Waals surface area contributed by atoms with E-state index in [1.165, 1.54) is 0 Å². The molecule has 4 rings (SSSR count). The number of carbonyl (C=O) groups excluding carboxylic acids is 2. The van der Waals surface area contributed by atoms with Crippen LogP contribution in [0.2, 0.25) is 0 Å². The van der Waals surface area contributed by atoms with Gasteiger partial charge in [-0.1, -0.05) is 12.2 Å².